The second-order valence-electron chi connectivity index (χ2n) is 5.11. The predicted octanol–water partition coefficient (Wildman–Crippen LogP) is 2.74. The number of benzene rings is 1. The van der Waals surface area contributed by atoms with E-state index >= 15 is 0 Å². The third-order valence-corrected chi connectivity index (χ3v) is 3.67. The van der Waals surface area contributed by atoms with E-state index in [1.807, 2.05) is 66.7 Å². The standard InChI is InChI=1S/C19H19N3O/c20-12-15-23-19(16-8-2-1-3-9-16,17-10-4-6-13-21-17)18-11-5-7-14-22-18/h1-11,13-14H,12,15,20H2. The molecule has 2 N–H and O–H groups in total. The highest BCUT2D eigenvalue weighted by atomic mass is 16.5. The first-order valence-corrected chi connectivity index (χ1v) is 7.60. The fraction of sp³-hybridized carbons (Fsp3) is 0.158. The van der Waals surface area contributed by atoms with Crippen LogP contribution in [0.15, 0.2) is 79.1 Å². The molecule has 0 radical (unpaired) electrons. The first-order chi connectivity index (χ1) is 11.4. The Labute approximate surface area is 136 Å². The van der Waals surface area contributed by atoms with Gasteiger partial charge in [0, 0.05) is 18.9 Å². The molecule has 0 fully saturated rings. The summed E-state index contributed by atoms with van der Waals surface area (Å²) in [5, 5.41) is 0. The molecule has 0 spiro atoms. The number of hydrogen-bond donors (Lipinski definition) is 1. The normalized spacial score (nSPS) is 11.3. The largest absolute Gasteiger partial charge is 0.356 e. The van der Waals surface area contributed by atoms with E-state index in [1.54, 1.807) is 12.4 Å². The first-order valence-electron chi connectivity index (χ1n) is 7.60. The summed E-state index contributed by atoms with van der Waals surface area (Å²) in [5.41, 5.74) is 7.39. The summed E-state index contributed by atoms with van der Waals surface area (Å²) in [6.45, 7) is 0.830. The van der Waals surface area contributed by atoms with Crippen LogP contribution in [-0.2, 0) is 10.3 Å². The molecule has 0 unspecified atom stereocenters. The van der Waals surface area contributed by atoms with Crippen molar-refractivity contribution in [3.05, 3.63) is 96.1 Å². The third kappa shape index (κ3) is 2.99. The van der Waals surface area contributed by atoms with Gasteiger partial charge < -0.3 is 10.5 Å². The van der Waals surface area contributed by atoms with Crippen LogP contribution in [0.4, 0.5) is 0 Å². The van der Waals surface area contributed by atoms with Crippen molar-refractivity contribution < 1.29 is 4.74 Å². The van der Waals surface area contributed by atoms with E-state index in [2.05, 4.69) is 9.97 Å². The minimum absolute atomic E-state index is 0.405. The average Bonchev–Trinajstić information content (AvgIpc) is 2.65. The Balaban J connectivity index is 2.25. The van der Waals surface area contributed by atoms with Crippen molar-refractivity contribution in [3.8, 4) is 0 Å². The molecule has 3 rings (SSSR count). The number of hydrogen-bond acceptors (Lipinski definition) is 4. The van der Waals surface area contributed by atoms with Gasteiger partial charge in [-0.2, -0.15) is 0 Å². The smallest absolute Gasteiger partial charge is 0.177 e. The minimum atomic E-state index is -0.872. The molecule has 0 bridgehead atoms. The lowest BCUT2D eigenvalue weighted by molar-refractivity contribution is 0.0116. The van der Waals surface area contributed by atoms with Crippen LogP contribution in [0.25, 0.3) is 0 Å². The fourth-order valence-electron chi connectivity index (χ4n) is 2.69. The van der Waals surface area contributed by atoms with Gasteiger partial charge in [-0.25, -0.2) is 0 Å². The van der Waals surface area contributed by atoms with Crippen molar-refractivity contribution in [3.63, 3.8) is 0 Å². The van der Waals surface area contributed by atoms with Crippen molar-refractivity contribution in [1.82, 2.24) is 9.97 Å². The number of nitrogens with zero attached hydrogens (tertiary/aromatic N) is 2. The Kier molecular flexibility index (Phi) is 4.76. The molecule has 4 nitrogen and oxygen atoms in total. The Morgan fingerprint density at radius 1 is 0.783 bits per heavy atom. The van der Waals surface area contributed by atoms with Crippen LogP contribution in [0.2, 0.25) is 0 Å². The number of rotatable bonds is 6. The summed E-state index contributed by atoms with van der Waals surface area (Å²) in [4.78, 5) is 9.10. The molecule has 0 atom stereocenters. The first kappa shape index (κ1) is 15.3. The van der Waals surface area contributed by atoms with E-state index in [0.29, 0.717) is 13.2 Å². The zero-order valence-corrected chi connectivity index (χ0v) is 12.8. The molecule has 116 valence electrons. The van der Waals surface area contributed by atoms with Gasteiger partial charge in [0.05, 0.1) is 18.0 Å². The quantitative estimate of drug-likeness (QED) is 0.760. The number of aromatic nitrogens is 2. The van der Waals surface area contributed by atoms with E-state index < -0.39 is 5.60 Å². The number of ether oxygens (including phenoxy) is 1. The monoisotopic (exact) mass is 305 g/mol. The average molecular weight is 305 g/mol. The maximum absolute atomic E-state index is 6.29. The second kappa shape index (κ2) is 7.13. The highest BCUT2D eigenvalue weighted by Gasteiger charge is 2.40. The fourth-order valence-corrected chi connectivity index (χ4v) is 2.69. The van der Waals surface area contributed by atoms with E-state index in [1.165, 1.54) is 0 Å². The van der Waals surface area contributed by atoms with Crippen molar-refractivity contribution in [1.29, 1.82) is 0 Å². The van der Waals surface area contributed by atoms with Crippen molar-refractivity contribution in [2.75, 3.05) is 13.2 Å². The number of pyridine rings is 2. The molecule has 0 saturated heterocycles. The summed E-state index contributed by atoms with van der Waals surface area (Å²) in [7, 11) is 0. The summed E-state index contributed by atoms with van der Waals surface area (Å²) >= 11 is 0. The molecule has 0 saturated carbocycles. The molecule has 0 amide bonds. The van der Waals surface area contributed by atoms with Gasteiger partial charge in [-0.15, -0.1) is 0 Å². The van der Waals surface area contributed by atoms with Crippen LogP contribution in [-0.4, -0.2) is 23.1 Å². The van der Waals surface area contributed by atoms with E-state index in [-0.39, 0.29) is 0 Å². The Morgan fingerprint density at radius 2 is 1.35 bits per heavy atom. The van der Waals surface area contributed by atoms with Crippen LogP contribution in [0.1, 0.15) is 17.0 Å². The Bertz CT molecular complexity index is 621. The van der Waals surface area contributed by atoms with Crippen LogP contribution in [0.3, 0.4) is 0 Å². The maximum Gasteiger partial charge on any atom is 0.177 e. The second-order valence-corrected chi connectivity index (χ2v) is 5.11. The van der Waals surface area contributed by atoms with Crippen molar-refractivity contribution in [2.24, 2.45) is 5.73 Å². The molecule has 1 aromatic carbocycles. The molecule has 4 heteroatoms. The topological polar surface area (TPSA) is 61.0 Å². The molecule has 2 heterocycles. The van der Waals surface area contributed by atoms with Gasteiger partial charge in [0.2, 0.25) is 0 Å². The van der Waals surface area contributed by atoms with Crippen LogP contribution in [0.5, 0.6) is 0 Å². The SMILES string of the molecule is NCCOC(c1ccccc1)(c1ccccn1)c1ccccn1. The van der Waals surface area contributed by atoms with Gasteiger partial charge in [-0.3, -0.25) is 9.97 Å². The van der Waals surface area contributed by atoms with E-state index in [4.69, 9.17) is 10.5 Å². The summed E-state index contributed by atoms with van der Waals surface area (Å²) in [6.07, 6.45) is 3.53. The Morgan fingerprint density at radius 3 is 1.83 bits per heavy atom. The van der Waals surface area contributed by atoms with Crippen LogP contribution >= 0.6 is 0 Å². The molecule has 3 aromatic rings. The molecule has 0 aliphatic heterocycles. The zero-order chi connectivity index (χ0) is 16.0. The van der Waals surface area contributed by atoms with Crippen LogP contribution in [0, 0.1) is 0 Å². The molecule has 0 aliphatic rings. The van der Waals surface area contributed by atoms with Gasteiger partial charge in [0.1, 0.15) is 0 Å². The lowest BCUT2D eigenvalue weighted by atomic mass is 9.86. The minimum Gasteiger partial charge on any atom is -0.356 e. The van der Waals surface area contributed by atoms with Gasteiger partial charge in [-0.05, 0) is 29.8 Å². The highest BCUT2D eigenvalue weighted by molar-refractivity contribution is 5.42. The zero-order valence-electron chi connectivity index (χ0n) is 12.8. The Hall–Kier alpha value is -2.56. The van der Waals surface area contributed by atoms with Crippen LogP contribution < -0.4 is 5.73 Å². The lowest BCUT2D eigenvalue weighted by Gasteiger charge is -2.33. The summed E-state index contributed by atoms with van der Waals surface area (Å²) < 4.78 is 6.29. The van der Waals surface area contributed by atoms with Gasteiger partial charge in [-0.1, -0.05) is 42.5 Å². The van der Waals surface area contributed by atoms with Gasteiger partial charge in [0.15, 0.2) is 5.60 Å². The van der Waals surface area contributed by atoms with Crippen molar-refractivity contribution in [2.45, 2.75) is 5.60 Å². The molecular formula is C19H19N3O. The van der Waals surface area contributed by atoms with E-state index in [0.717, 1.165) is 17.0 Å². The number of nitrogens with two attached hydrogens (primary N) is 1. The maximum atomic E-state index is 6.29. The summed E-state index contributed by atoms with van der Waals surface area (Å²) in [5.74, 6) is 0. The molecule has 23 heavy (non-hydrogen) atoms. The van der Waals surface area contributed by atoms with Gasteiger partial charge >= 0.3 is 0 Å². The molecular weight excluding hydrogens is 286 g/mol. The lowest BCUT2D eigenvalue weighted by Crippen LogP contribution is -2.36. The van der Waals surface area contributed by atoms with E-state index in [9.17, 15) is 0 Å². The highest BCUT2D eigenvalue weighted by Crippen LogP contribution is 2.38. The van der Waals surface area contributed by atoms with Crippen molar-refractivity contribution >= 4 is 0 Å². The third-order valence-electron chi connectivity index (χ3n) is 3.67. The van der Waals surface area contributed by atoms with Gasteiger partial charge in [0.25, 0.3) is 0 Å². The molecule has 0 aliphatic carbocycles. The summed E-state index contributed by atoms with van der Waals surface area (Å²) in [6, 6.07) is 21.6. The predicted molar refractivity (Wildman–Crippen MR) is 89.8 cm³/mol. The molecule has 2 aromatic heterocycles.